The second kappa shape index (κ2) is 10.6. The van der Waals surface area contributed by atoms with E-state index >= 15 is 0 Å². The van der Waals surface area contributed by atoms with Gasteiger partial charge >= 0.3 is 0 Å². The topological polar surface area (TPSA) is 125 Å². The lowest BCUT2D eigenvalue weighted by atomic mass is 10.0. The van der Waals surface area contributed by atoms with Gasteiger partial charge in [0.2, 0.25) is 11.8 Å². The number of anilines is 1. The minimum absolute atomic E-state index is 0.145. The Morgan fingerprint density at radius 2 is 1.78 bits per heavy atom. The molecule has 1 atom stereocenters. The van der Waals surface area contributed by atoms with Crippen molar-refractivity contribution < 1.29 is 24.0 Å². The van der Waals surface area contributed by atoms with Gasteiger partial charge in [-0.25, -0.2) is 0 Å². The molecule has 2 aliphatic heterocycles. The number of hydrogen-bond acceptors (Lipinski definition) is 7. The summed E-state index contributed by atoms with van der Waals surface area (Å²) in [5.41, 5.74) is 1.27. The van der Waals surface area contributed by atoms with E-state index < -0.39 is 22.8 Å². The van der Waals surface area contributed by atoms with E-state index in [9.17, 15) is 24.5 Å². The zero-order chi connectivity index (χ0) is 25.8. The summed E-state index contributed by atoms with van der Waals surface area (Å²) in [4.78, 5) is 55.2. The maximum atomic E-state index is 13.3. The van der Waals surface area contributed by atoms with Crippen LogP contribution in [0.5, 0.6) is 5.75 Å². The lowest BCUT2D eigenvalue weighted by Gasteiger charge is -2.39. The van der Waals surface area contributed by atoms with E-state index in [2.05, 4.69) is 10.2 Å². The van der Waals surface area contributed by atoms with Crippen LogP contribution < -0.4 is 15.0 Å². The first kappa shape index (κ1) is 25.0. The average Bonchev–Trinajstić information content (AvgIpc) is 2.89. The van der Waals surface area contributed by atoms with Crippen molar-refractivity contribution in [1.82, 2.24) is 15.1 Å². The van der Waals surface area contributed by atoms with Crippen LogP contribution in [0.4, 0.5) is 11.4 Å². The van der Waals surface area contributed by atoms with E-state index in [0.717, 1.165) is 11.4 Å². The van der Waals surface area contributed by atoms with Gasteiger partial charge < -0.3 is 24.8 Å². The van der Waals surface area contributed by atoms with Gasteiger partial charge in [-0.2, -0.15) is 0 Å². The molecule has 0 saturated carbocycles. The molecule has 2 fully saturated rings. The largest absolute Gasteiger partial charge is 0.497 e. The molecule has 0 aliphatic carbocycles. The number of methoxy groups -OCH3 is 1. The van der Waals surface area contributed by atoms with E-state index in [4.69, 9.17) is 4.74 Å². The number of ether oxygens (including phenoxy) is 1. The SMILES string of the molecule is COc1ccc(N2CCN(C(=O)C[C@@H]3C(=O)NCCN3C(=O)c3cccc([N+](=O)[O-])c3C)CC2)cc1. The van der Waals surface area contributed by atoms with Crippen molar-refractivity contribution in [2.45, 2.75) is 19.4 Å². The fraction of sp³-hybridized carbons (Fsp3) is 0.400. The molecule has 11 nitrogen and oxygen atoms in total. The van der Waals surface area contributed by atoms with E-state index in [1.54, 1.807) is 12.0 Å². The number of carbonyl (C=O) groups is 3. The molecule has 11 heteroatoms. The van der Waals surface area contributed by atoms with Crippen molar-refractivity contribution in [1.29, 1.82) is 0 Å². The molecule has 4 rings (SSSR count). The normalized spacial score (nSPS) is 18.0. The maximum absolute atomic E-state index is 13.3. The molecular formula is C25H29N5O6. The highest BCUT2D eigenvalue weighted by Crippen LogP contribution is 2.25. The minimum atomic E-state index is -0.975. The van der Waals surface area contributed by atoms with Crippen LogP contribution in [-0.4, -0.2) is 84.9 Å². The van der Waals surface area contributed by atoms with E-state index in [-0.39, 0.29) is 42.2 Å². The number of carbonyl (C=O) groups excluding carboxylic acids is 3. The Morgan fingerprint density at radius 3 is 2.42 bits per heavy atom. The highest BCUT2D eigenvalue weighted by Gasteiger charge is 2.37. The molecule has 2 aromatic rings. The highest BCUT2D eigenvalue weighted by molar-refractivity contribution is 6.01. The van der Waals surface area contributed by atoms with Crippen LogP contribution in [-0.2, 0) is 9.59 Å². The summed E-state index contributed by atoms with van der Waals surface area (Å²) in [7, 11) is 1.62. The summed E-state index contributed by atoms with van der Waals surface area (Å²) in [6.07, 6.45) is -0.145. The van der Waals surface area contributed by atoms with Crippen molar-refractivity contribution in [3.05, 3.63) is 63.7 Å². The maximum Gasteiger partial charge on any atom is 0.273 e. The summed E-state index contributed by atoms with van der Waals surface area (Å²) < 4.78 is 5.20. The number of hydrogen-bond donors (Lipinski definition) is 1. The van der Waals surface area contributed by atoms with Crippen LogP contribution in [0.3, 0.4) is 0 Å². The predicted molar refractivity (Wildman–Crippen MR) is 132 cm³/mol. The highest BCUT2D eigenvalue weighted by atomic mass is 16.6. The molecule has 0 bridgehead atoms. The molecular weight excluding hydrogens is 466 g/mol. The van der Waals surface area contributed by atoms with Gasteiger partial charge in [0.15, 0.2) is 0 Å². The molecule has 0 spiro atoms. The molecule has 2 aromatic carbocycles. The second-order valence-corrected chi connectivity index (χ2v) is 8.78. The van der Waals surface area contributed by atoms with Gasteiger partial charge in [-0.15, -0.1) is 0 Å². The van der Waals surface area contributed by atoms with Gasteiger partial charge in [0.1, 0.15) is 11.8 Å². The quantitative estimate of drug-likeness (QED) is 0.477. The Morgan fingerprint density at radius 1 is 1.08 bits per heavy atom. The molecule has 2 heterocycles. The lowest BCUT2D eigenvalue weighted by Crippen LogP contribution is -2.59. The van der Waals surface area contributed by atoms with Crippen LogP contribution in [0, 0.1) is 17.0 Å². The molecule has 3 amide bonds. The van der Waals surface area contributed by atoms with Crippen LogP contribution in [0.15, 0.2) is 42.5 Å². The fourth-order valence-corrected chi connectivity index (χ4v) is 4.67. The van der Waals surface area contributed by atoms with Gasteiger partial charge in [-0.1, -0.05) is 6.07 Å². The van der Waals surface area contributed by atoms with Crippen molar-refractivity contribution in [2.24, 2.45) is 0 Å². The third-order valence-corrected chi connectivity index (χ3v) is 6.76. The Balaban J connectivity index is 1.43. The fourth-order valence-electron chi connectivity index (χ4n) is 4.67. The predicted octanol–water partition coefficient (Wildman–Crippen LogP) is 1.59. The Bertz CT molecular complexity index is 1160. The Kier molecular flexibility index (Phi) is 7.37. The Labute approximate surface area is 208 Å². The minimum Gasteiger partial charge on any atom is -0.497 e. The molecule has 0 aromatic heterocycles. The molecule has 36 heavy (non-hydrogen) atoms. The van der Waals surface area contributed by atoms with E-state index in [0.29, 0.717) is 26.2 Å². The average molecular weight is 496 g/mol. The van der Waals surface area contributed by atoms with Crippen LogP contribution in [0.1, 0.15) is 22.3 Å². The smallest absolute Gasteiger partial charge is 0.273 e. The zero-order valence-electron chi connectivity index (χ0n) is 20.3. The molecule has 2 aliphatic rings. The molecule has 0 radical (unpaired) electrons. The second-order valence-electron chi connectivity index (χ2n) is 8.78. The van der Waals surface area contributed by atoms with Crippen LogP contribution in [0.25, 0.3) is 0 Å². The number of piperazine rings is 2. The summed E-state index contributed by atoms with van der Waals surface area (Å²) in [6.45, 7) is 4.26. The van der Waals surface area contributed by atoms with Crippen molar-refractivity contribution in [2.75, 3.05) is 51.3 Å². The standard InChI is InChI=1S/C25H29N5O6/c1-17-20(4-3-5-21(17)30(34)35)25(33)29-11-10-26-24(32)22(29)16-23(31)28-14-12-27(13-15-28)18-6-8-19(36-2)9-7-18/h3-9,22H,10-16H2,1-2H3,(H,26,32)/t22-/m1/s1. The summed E-state index contributed by atoms with van der Waals surface area (Å²) in [6, 6.07) is 11.1. The number of amides is 3. The Hall–Kier alpha value is -4.15. The molecule has 2 saturated heterocycles. The summed E-state index contributed by atoms with van der Waals surface area (Å²) in [5, 5.41) is 14.0. The van der Waals surface area contributed by atoms with Crippen LogP contribution >= 0.6 is 0 Å². The molecule has 1 N–H and O–H groups in total. The first-order valence-electron chi connectivity index (χ1n) is 11.8. The number of benzene rings is 2. The molecule has 0 unspecified atom stereocenters. The lowest BCUT2D eigenvalue weighted by molar-refractivity contribution is -0.385. The zero-order valence-corrected chi connectivity index (χ0v) is 20.3. The molecule has 190 valence electrons. The van der Waals surface area contributed by atoms with Crippen molar-refractivity contribution in [3.63, 3.8) is 0 Å². The van der Waals surface area contributed by atoms with Crippen molar-refractivity contribution >= 4 is 29.1 Å². The van der Waals surface area contributed by atoms with Gasteiger partial charge in [-0.05, 0) is 37.3 Å². The van der Waals surface area contributed by atoms with Crippen LogP contribution in [0.2, 0.25) is 0 Å². The van der Waals surface area contributed by atoms with Gasteiger partial charge in [-0.3, -0.25) is 24.5 Å². The first-order valence-corrected chi connectivity index (χ1v) is 11.8. The van der Waals surface area contributed by atoms with E-state index in [1.165, 1.54) is 30.0 Å². The monoisotopic (exact) mass is 495 g/mol. The summed E-state index contributed by atoms with van der Waals surface area (Å²) in [5.74, 6) is -0.325. The number of nitrogens with zero attached hydrogens (tertiary/aromatic N) is 4. The summed E-state index contributed by atoms with van der Waals surface area (Å²) >= 11 is 0. The third-order valence-electron chi connectivity index (χ3n) is 6.76. The van der Waals surface area contributed by atoms with Gasteiger partial charge in [0.25, 0.3) is 11.6 Å². The number of nitro benzene ring substituents is 1. The number of nitrogens with one attached hydrogen (secondary N) is 1. The van der Waals surface area contributed by atoms with E-state index in [1.807, 2.05) is 24.3 Å². The third kappa shape index (κ3) is 5.09. The van der Waals surface area contributed by atoms with Crippen molar-refractivity contribution in [3.8, 4) is 5.75 Å². The van der Waals surface area contributed by atoms with Gasteiger partial charge in [0.05, 0.1) is 18.5 Å². The number of nitro groups is 1. The van der Waals surface area contributed by atoms with Gasteiger partial charge in [0, 0.05) is 62.1 Å². The number of rotatable bonds is 6. The first-order chi connectivity index (χ1) is 17.3.